The van der Waals surface area contributed by atoms with Crippen LogP contribution >= 0.6 is 7.82 Å². The molecule has 0 fully saturated rings. The molecule has 0 unspecified atom stereocenters. The molecule has 1 rings (SSSR count). The molecule has 1 aromatic carbocycles. The van der Waals surface area contributed by atoms with Gasteiger partial charge >= 0.3 is 13.8 Å². The van der Waals surface area contributed by atoms with E-state index in [0.717, 1.165) is 6.07 Å². The molecule has 0 bridgehead atoms. The quantitative estimate of drug-likeness (QED) is 0.543. The maximum atomic E-state index is 14.4. The van der Waals surface area contributed by atoms with Crippen LogP contribution in [0.2, 0.25) is 0 Å². The molecule has 0 spiro atoms. The zero-order valence-electron chi connectivity index (χ0n) is 15.0. The molecule has 9 heteroatoms. The zero-order chi connectivity index (χ0) is 19.3. The number of hydrogen-bond donors (Lipinski definition) is 1. The van der Waals surface area contributed by atoms with Crippen molar-refractivity contribution in [1.82, 2.24) is 0 Å². The van der Waals surface area contributed by atoms with Crippen molar-refractivity contribution in [3.8, 4) is 5.75 Å². The number of hydrogen-bond acceptors (Lipinski definition) is 7. The number of carbonyl (C=O) groups is 1. The van der Waals surface area contributed by atoms with Gasteiger partial charge in [-0.3, -0.25) is 9.05 Å². The second kappa shape index (κ2) is 8.76. The Morgan fingerprint density at radius 2 is 1.76 bits per heavy atom. The topological polar surface area (TPSA) is 91.3 Å². The largest absolute Gasteiger partial charge is 0.530 e. The third kappa shape index (κ3) is 6.40. The number of ether oxygens (including phenoxy) is 1. The number of halogens is 1. The fraction of sp³-hybridized carbons (Fsp3) is 0.562. The van der Waals surface area contributed by atoms with Crippen LogP contribution in [0.15, 0.2) is 12.1 Å². The lowest BCUT2D eigenvalue weighted by molar-refractivity contribution is 0.00688. The van der Waals surface area contributed by atoms with Crippen LogP contribution in [0.1, 0.15) is 50.5 Å². The van der Waals surface area contributed by atoms with Gasteiger partial charge < -0.3 is 14.4 Å². The van der Waals surface area contributed by atoms with Crippen LogP contribution in [-0.2, 0) is 25.0 Å². The Hall–Kier alpha value is -1.47. The summed E-state index contributed by atoms with van der Waals surface area (Å²) in [7, 11) is -4.05. The molecule has 0 aromatic heterocycles. The molecule has 7 nitrogen and oxygen atoms in total. The van der Waals surface area contributed by atoms with Crippen molar-refractivity contribution < 1.29 is 37.2 Å². The molecule has 0 saturated heterocycles. The fourth-order valence-electron chi connectivity index (χ4n) is 1.84. The lowest BCUT2D eigenvalue weighted by atomic mass is 10.1. The Morgan fingerprint density at radius 3 is 2.20 bits per heavy atom. The van der Waals surface area contributed by atoms with Crippen molar-refractivity contribution in [2.75, 3.05) is 13.2 Å². The van der Waals surface area contributed by atoms with Crippen LogP contribution in [-0.4, -0.2) is 29.9 Å². The molecule has 1 aromatic rings. The first kappa shape index (κ1) is 21.6. The van der Waals surface area contributed by atoms with Gasteiger partial charge in [0.05, 0.1) is 25.4 Å². The van der Waals surface area contributed by atoms with E-state index in [-0.39, 0.29) is 24.3 Å². The van der Waals surface area contributed by atoms with Gasteiger partial charge in [-0.1, -0.05) is 0 Å². The van der Waals surface area contributed by atoms with Gasteiger partial charge in [0.1, 0.15) is 5.60 Å². The fourth-order valence-corrected chi connectivity index (χ4v) is 3.08. The summed E-state index contributed by atoms with van der Waals surface area (Å²) >= 11 is 0. The molecule has 0 aliphatic carbocycles. The highest BCUT2D eigenvalue weighted by atomic mass is 31.2. The normalized spacial score (nSPS) is 12.1. The summed E-state index contributed by atoms with van der Waals surface area (Å²) in [5, 5.41) is 9.47. The number of rotatable bonds is 8. The highest BCUT2D eigenvalue weighted by Crippen LogP contribution is 2.50. The minimum atomic E-state index is -4.05. The lowest BCUT2D eigenvalue weighted by Gasteiger charge is -2.21. The molecule has 25 heavy (non-hydrogen) atoms. The standard InChI is InChI=1S/C16H24FO7P/c1-6-21-25(20,22-7-2)24-14-12(10-18)8-11(9-13(14)17)15(19)23-16(3,4)5/h8-9,18H,6-7,10H2,1-5H3. The van der Waals surface area contributed by atoms with Gasteiger partial charge in [0.15, 0.2) is 11.6 Å². The lowest BCUT2D eigenvalue weighted by Crippen LogP contribution is -2.24. The molecule has 0 saturated carbocycles. The first-order valence-corrected chi connectivity index (χ1v) is 9.26. The first-order chi connectivity index (χ1) is 11.5. The van der Waals surface area contributed by atoms with Gasteiger partial charge in [0.2, 0.25) is 0 Å². The van der Waals surface area contributed by atoms with E-state index in [4.69, 9.17) is 18.3 Å². The Balaban J connectivity index is 3.22. The summed E-state index contributed by atoms with van der Waals surface area (Å²) < 4.78 is 47.0. The summed E-state index contributed by atoms with van der Waals surface area (Å²) in [5.41, 5.74) is -0.950. The predicted octanol–water partition coefficient (Wildman–Crippen LogP) is 3.83. The molecule has 0 heterocycles. The molecule has 0 aliphatic rings. The second-order valence-corrected chi connectivity index (χ2v) is 7.57. The number of benzene rings is 1. The van der Waals surface area contributed by atoms with E-state index >= 15 is 0 Å². The highest BCUT2D eigenvalue weighted by molar-refractivity contribution is 7.48. The van der Waals surface area contributed by atoms with Crippen LogP contribution in [0.4, 0.5) is 4.39 Å². The van der Waals surface area contributed by atoms with E-state index in [9.17, 15) is 18.9 Å². The van der Waals surface area contributed by atoms with Crippen LogP contribution in [0, 0.1) is 5.82 Å². The second-order valence-electron chi connectivity index (χ2n) is 5.98. The zero-order valence-corrected chi connectivity index (χ0v) is 15.9. The van der Waals surface area contributed by atoms with Crippen molar-refractivity contribution in [2.24, 2.45) is 0 Å². The number of esters is 1. The van der Waals surface area contributed by atoms with Crippen molar-refractivity contribution in [3.63, 3.8) is 0 Å². The Morgan fingerprint density at radius 1 is 1.20 bits per heavy atom. The predicted molar refractivity (Wildman–Crippen MR) is 89.0 cm³/mol. The molecule has 142 valence electrons. The van der Waals surface area contributed by atoms with Crippen molar-refractivity contribution in [1.29, 1.82) is 0 Å². The van der Waals surface area contributed by atoms with Gasteiger partial charge in [-0.25, -0.2) is 13.8 Å². The molecule has 0 aliphatic heterocycles. The first-order valence-electron chi connectivity index (χ1n) is 7.80. The third-order valence-corrected chi connectivity index (χ3v) is 4.26. The summed E-state index contributed by atoms with van der Waals surface area (Å²) in [4.78, 5) is 12.1. The van der Waals surface area contributed by atoms with Crippen LogP contribution in [0.25, 0.3) is 0 Å². The maximum absolute atomic E-state index is 14.4. The van der Waals surface area contributed by atoms with Crippen molar-refractivity contribution in [3.05, 3.63) is 29.1 Å². The van der Waals surface area contributed by atoms with Crippen LogP contribution < -0.4 is 4.52 Å². The Labute approximate surface area is 146 Å². The number of phosphoric acid groups is 1. The van der Waals surface area contributed by atoms with E-state index in [1.165, 1.54) is 6.07 Å². The van der Waals surface area contributed by atoms with Gasteiger partial charge in [-0.05, 0) is 46.8 Å². The van der Waals surface area contributed by atoms with Gasteiger partial charge in [0, 0.05) is 5.56 Å². The number of carbonyl (C=O) groups excluding carboxylic acids is 1. The van der Waals surface area contributed by atoms with Crippen LogP contribution in [0.3, 0.4) is 0 Å². The summed E-state index contributed by atoms with van der Waals surface area (Å²) in [6.07, 6.45) is 0. The van der Waals surface area contributed by atoms with E-state index in [1.54, 1.807) is 34.6 Å². The van der Waals surface area contributed by atoms with Gasteiger partial charge in [-0.2, -0.15) is 0 Å². The monoisotopic (exact) mass is 378 g/mol. The third-order valence-electron chi connectivity index (χ3n) is 2.70. The van der Waals surface area contributed by atoms with Gasteiger partial charge in [0.25, 0.3) is 0 Å². The molecular weight excluding hydrogens is 354 g/mol. The minimum absolute atomic E-state index is 0.0172. The number of phosphoric ester groups is 1. The molecule has 1 N–H and O–H groups in total. The molecule has 0 atom stereocenters. The Bertz CT molecular complexity index is 645. The average molecular weight is 378 g/mol. The summed E-state index contributed by atoms with van der Waals surface area (Å²) in [6, 6.07) is 2.08. The summed E-state index contributed by atoms with van der Waals surface area (Å²) in [5.74, 6) is -2.25. The van der Waals surface area contributed by atoms with E-state index in [2.05, 4.69) is 0 Å². The van der Waals surface area contributed by atoms with Crippen molar-refractivity contribution >= 4 is 13.8 Å². The highest BCUT2D eigenvalue weighted by Gasteiger charge is 2.31. The van der Waals surface area contributed by atoms with E-state index in [0.29, 0.717) is 0 Å². The summed E-state index contributed by atoms with van der Waals surface area (Å²) in [6.45, 7) is 7.55. The average Bonchev–Trinajstić information content (AvgIpc) is 2.47. The van der Waals surface area contributed by atoms with Gasteiger partial charge in [-0.15, -0.1) is 0 Å². The molecule has 0 radical (unpaired) electrons. The van der Waals surface area contributed by atoms with E-state index < -0.39 is 37.6 Å². The smallest absolute Gasteiger partial charge is 0.456 e. The molecular formula is C16H24FO7P. The van der Waals surface area contributed by atoms with E-state index in [1.807, 2.05) is 0 Å². The number of aliphatic hydroxyl groups is 1. The molecule has 0 amide bonds. The van der Waals surface area contributed by atoms with Crippen molar-refractivity contribution in [2.45, 2.75) is 46.8 Å². The number of aliphatic hydroxyl groups excluding tert-OH is 1. The van der Waals surface area contributed by atoms with Crippen LogP contribution in [0.5, 0.6) is 5.75 Å². The maximum Gasteiger partial charge on any atom is 0.530 e. The Kier molecular flexibility index (Phi) is 7.56. The SMILES string of the molecule is CCOP(=O)(OCC)Oc1c(F)cc(C(=O)OC(C)(C)C)cc1CO. The minimum Gasteiger partial charge on any atom is -0.456 e.